The highest BCUT2D eigenvalue weighted by Crippen LogP contribution is 2.30. The molecule has 1 aromatic carbocycles. The van der Waals surface area contributed by atoms with Gasteiger partial charge >= 0.3 is 0 Å². The lowest BCUT2D eigenvalue weighted by Crippen LogP contribution is -2.40. The Hall–Kier alpha value is -2.70. The molecule has 1 aliphatic rings. The summed E-state index contributed by atoms with van der Waals surface area (Å²) in [6.07, 6.45) is 0.741. The second kappa shape index (κ2) is 8.60. The summed E-state index contributed by atoms with van der Waals surface area (Å²) in [6.45, 7) is 8.51. The first-order valence-electron chi connectivity index (χ1n) is 8.99. The molecule has 1 unspecified atom stereocenters. The SMILES string of the molecule is CCNC(=NCC1COc2ccccc2O1)NCCc1c(C)noc1C. The number of aromatic nitrogens is 1. The maximum atomic E-state index is 5.95. The molecule has 26 heavy (non-hydrogen) atoms. The van der Waals surface area contributed by atoms with Gasteiger partial charge in [0.2, 0.25) is 0 Å². The molecule has 3 rings (SSSR count). The number of para-hydroxylation sites is 2. The second-order valence-corrected chi connectivity index (χ2v) is 6.20. The van der Waals surface area contributed by atoms with E-state index in [9.17, 15) is 0 Å². The van der Waals surface area contributed by atoms with E-state index in [1.807, 2.05) is 45.0 Å². The van der Waals surface area contributed by atoms with Gasteiger partial charge in [-0.05, 0) is 39.3 Å². The zero-order chi connectivity index (χ0) is 18.4. The maximum absolute atomic E-state index is 5.95. The Morgan fingerprint density at radius 2 is 2.04 bits per heavy atom. The number of fused-ring (bicyclic) bond motifs is 1. The van der Waals surface area contributed by atoms with Crippen LogP contribution in [0.1, 0.15) is 23.9 Å². The smallest absolute Gasteiger partial charge is 0.191 e. The number of benzene rings is 1. The molecule has 0 bridgehead atoms. The number of nitrogens with one attached hydrogen (secondary N) is 2. The quantitative estimate of drug-likeness (QED) is 0.609. The number of guanidine groups is 1. The molecule has 0 saturated heterocycles. The third-order valence-corrected chi connectivity index (χ3v) is 4.21. The highest BCUT2D eigenvalue weighted by atomic mass is 16.6. The van der Waals surface area contributed by atoms with E-state index in [-0.39, 0.29) is 6.10 Å². The Bertz CT molecular complexity index is 737. The van der Waals surface area contributed by atoms with Crippen molar-refractivity contribution < 1.29 is 14.0 Å². The lowest BCUT2D eigenvalue weighted by Gasteiger charge is -2.25. The van der Waals surface area contributed by atoms with Gasteiger partial charge in [0.05, 0.1) is 12.2 Å². The van der Waals surface area contributed by atoms with Crippen LogP contribution in [0, 0.1) is 13.8 Å². The standard InChI is InChI=1S/C19H26N4O3/c1-4-20-19(21-10-9-16-13(2)23-26-14(16)3)22-11-15-12-24-17-7-5-6-8-18(17)25-15/h5-8,15H,4,9-12H2,1-3H3,(H2,20,21,22). The molecule has 1 atom stereocenters. The van der Waals surface area contributed by atoms with Crippen LogP contribution in [0.3, 0.4) is 0 Å². The number of rotatable bonds is 6. The molecule has 7 nitrogen and oxygen atoms in total. The van der Waals surface area contributed by atoms with Crippen molar-refractivity contribution in [1.82, 2.24) is 15.8 Å². The van der Waals surface area contributed by atoms with Crippen molar-refractivity contribution in [3.05, 3.63) is 41.3 Å². The van der Waals surface area contributed by atoms with Gasteiger partial charge in [-0.3, -0.25) is 0 Å². The van der Waals surface area contributed by atoms with Gasteiger partial charge in [-0.25, -0.2) is 4.99 Å². The zero-order valence-corrected chi connectivity index (χ0v) is 15.5. The van der Waals surface area contributed by atoms with Crippen LogP contribution in [0.25, 0.3) is 0 Å². The van der Waals surface area contributed by atoms with E-state index in [1.165, 1.54) is 0 Å². The van der Waals surface area contributed by atoms with Gasteiger partial charge in [-0.2, -0.15) is 0 Å². The molecular formula is C19H26N4O3. The Balaban J connectivity index is 1.52. The van der Waals surface area contributed by atoms with Crippen LogP contribution in [0.2, 0.25) is 0 Å². The maximum Gasteiger partial charge on any atom is 0.191 e. The van der Waals surface area contributed by atoms with Crippen molar-refractivity contribution in [3.8, 4) is 11.5 Å². The van der Waals surface area contributed by atoms with Gasteiger partial charge in [-0.15, -0.1) is 0 Å². The summed E-state index contributed by atoms with van der Waals surface area (Å²) in [5.74, 6) is 3.20. The molecular weight excluding hydrogens is 332 g/mol. The second-order valence-electron chi connectivity index (χ2n) is 6.20. The summed E-state index contributed by atoms with van der Waals surface area (Å²) in [5, 5.41) is 10.6. The van der Waals surface area contributed by atoms with E-state index in [1.54, 1.807) is 0 Å². The summed E-state index contributed by atoms with van der Waals surface area (Å²) in [6, 6.07) is 7.70. The minimum Gasteiger partial charge on any atom is -0.486 e. The highest BCUT2D eigenvalue weighted by Gasteiger charge is 2.20. The molecule has 0 saturated carbocycles. The van der Waals surface area contributed by atoms with E-state index >= 15 is 0 Å². The third kappa shape index (κ3) is 4.47. The van der Waals surface area contributed by atoms with Gasteiger partial charge in [-0.1, -0.05) is 17.3 Å². The molecule has 140 valence electrons. The molecule has 0 radical (unpaired) electrons. The van der Waals surface area contributed by atoms with Crippen LogP contribution in [-0.4, -0.2) is 43.5 Å². The molecule has 0 aliphatic carbocycles. The minimum atomic E-state index is -0.0945. The molecule has 2 heterocycles. The van der Waals surface area contributed by atoms with Crippen LogP contribution in [0.4, 0.5) is 0 Å². The van der Waals surface area contributed by atoms with Crippen LogP contribution in [0.5, 0.6) is 11.5 Å². The molecule has 2 aromatic rings. The topological polar surface area (TPSA) is 80.9 Å². The fourth-order valence-corrected chi connectivity index (χ4v) is 2.85. The van der Waals surface area contributed by atoms with Gasteiger partial charge in [0, 0.05) is 18.7 Å². The first-order chi connectivity index (χ1) is 12.7. The van der Waals surface area contributed by atoms with Crippen molar-refractivity contribution in [2.45, 2.75) is 33.3 Å². The Kier molecular flexibility index (Phi) is 5.99. The molecule has 7 heteroatoms. The lowest BCUT2D eigenvalue weighted by molar-refractivity contribution is 0.0971. The van der Waals surface area contributed by atoms with Gasteiger partial charge in [0.15, 0.2) is 23.6 Å². The molecule has 1 aliphatic heterocycles. The first kappa shape index (κ1) is 18.1. The van der Waals surface area contributed by atoms with Crippen molar-refractivity contribution in [3.63, 3.8) is 0 Å². The van der Waals surface area contributed by atoms with Crippen molar-refractivity contribution in [2.24, 2.45) is 4.99 Å². The van der Waals surface area contributed by atoms with Crippen molar-refractivity contribution >= 4 is 5.96 Å². The molecule has 0 fully saturated rings. The van der Waals surface area contributed by atoms with Crippen molar-refractivity contribution in [2.75, 3.05) is 26.2 Å². The summed E-state index contributed by atoms with van der Waals surface area (Å²) < 4.78 is 16.9. The first-order valence-corrected chi connectivity index (χ1v) is 8.99. The summed E-state index contributed by atoms with van der Waals surface area (Å²) >= 11 is 0. The zero-order valence-electron chi connectivity index (χ0n) is 15.5. The van der Waals surface area contributed by atoms with E-state index in [4.69, 9.17) is 14.0 Å². The van der Waals surface area contributed by atoms with E-state index < -0.39 is 0 Å². The molecule has 0 amide bonds. The molecule has 2 N–H and O–H groups in total. The number of hydrogen-bond donors (Lipinski definition) is 2. The minimum absolute atomic E-state index is 0.0945. The fraction of sp³-hybridized carbons (Fsp3) is 0.474. The summed E-state index contributed by atoms with van der Waals surface area (Å²) in [5.41, 5.74) is 2.09. The monoisotopic (exact) mass is 358 g/mol. The van der Waals surface area contributed by atoms with Gasteiger partial charge < -0.3 is 24.6 Å². The van der Waals surface area contributed by atoms with E-state index in [0.717, 1.165) is 54.0 Å². The van der Waals surface area contributed by atoms with E-state index in [2.05, 4.69) is 20.8 Å². The summed E-state index contributed by atoms with van der Waals surface area (Å²) in [4.78, 5) is 4.62. The fourth-order valence-electron chi connectivity index (χ4n) is 2.85. The lowest BCUT2D eigenvalue weighted by atomic mass is 10.1. The molecule has 0 spiro atoms. The number of aryl methyl sites for hydroxylation is 2. The number of aliphatic imine (C=N–C) groups is 1. The Morgan fingerprint density at radius 1 is 1.23 bits per heavy atom. The average molecular weight is 358 g/mol. The largest absolute Gasteiger partial charge is 0.486 e. The van der Waals surface area contributed by atoms with Crippen molar-refractivity contribution in [1.29, 1.82) is 0 Å². The van der Waals surface area contributed by atoms with Crippen LogP contribution >= 0.6 is 0 Å². The number of nitrogens with zero attached hydrogens (tertiary/aromatic N) is 2. The third-order valence-electron chi connectivity index (χ3n) is 4.21. The average Bonchev–Trinajstić information content (AvgIpc) is 2.98. The van der Waals surface area contributed by atoms with Gasteiger partial charge in [0.25, 0.3) is 0 Å². The van der Waals surface area contributed by atoms with Crippen LogP contribution in [0.15, 0.2) is 33.8 Å². The predicted molar refractivity (Wildman–Crippen MR) is 100 cm³/mol. The molecule has 1 aromatic heterocycles. The normalized spacial score (nSPS) is 16.4. The highest BCUT2D eigenvalue weighted by molar-refractivity contribution is 5.79. The van der Waals surface area contributed by atoms with Crippen LogP contribution in [-0.2, 0) is 6.42 Å². The Morgan fingerprint density at radius 3 is 2.77 bits per heavy atom. The number of ether oxygens (including phenoxy) is 2. The van der Waals surface area contributed by atoms with E-state index in [0.29, 0.717) is 13.2 Å². The number of hydrogen-bond acceptors (Lipinski definition) is 5. The predicted octanol–water partition coefficient (Wildman–Crippen LogP) is 2.23. The van der Waals surface area contributed by atoms with Crippen LogP contribution < -0.4 is 20.1 Å². The Labute approximate surface area is 153 Å². The summed E-state index contributed by atoms with van der Waals surface area (Å²) in [7, 11) is 0. The van der Waals surface area contributed by atoms with Gasteiger partial charge in [0.1, 0.15) is 12.4 Å².